The minimum atomic E-state index is -0.500. The predicted octanol–water partition coefficient (Wildman–Crippen LogP) is 1.81. The van der Waals surface area contributed by atoms with E-state index in [0.29, 0.717) is 30.8 Å². The number of fused-ring (bicyclic) bond motifs is 1. The lowest BCUT2D eigenvalue weighted by Crippen LogP contribution is -2.26. The van der Waals surface area contributed by atoms with E-state index in [-0.39, 0.29) is 18.4 Å². The Balaban J connectivity index is 1.43. The number of carbonyl (C=O) groups excluding carboxylic acids is 2. The second kappa shape index (κ2) is 9.84. The molecule has 1 atom stereocenters. The summed E-state index contributed by atoms with van der Waals surface area (Å²) in [4.78, 5) is 30.4. The Kier molecular flexibility index (Phi) is 6.52. The molecule has 4 N–H and O–H groups in total. The summed E-state index contributed by atoms with van der Waals surface area (Å²) in [5.41, 5.74) is 3.81. The third-order valence-electron chi connectivity index (χ3n) is 5.17. The zero-order valence-electron chi connectivity index (χ0n) is 17.2. The van der Waals surface area contributed by atoms with Crippen molar-refractivity contribution in [2.45, 2.75) is 25.3 Å². The van der Waals surface area contributed by atoms with Crippen LogP contribution in [0.5, 0.6) is 0 Å². The number of amides is 2. The summed E-state index contributed by atoms with van der Waals surface area (Å²) in [6, 6.07) is 13.9. The summed E-state index contributed by atoms with van der Waals surface area (Å²) >= 11 is 0. The number of aromatic nitrogens is 5. The van der Waals surface area contributed by atoms with Crippen molar-refractivity contribution in [3.8, 4) is 0 Å². The topological polar surface area (TPSA) is 138 Å². The molecule has 2 aromatic carbocycles. The molecule has 0 bridgehead atoms. The standard InChI is InChI=1S/C22H23N7O3/c30-21(27-32)11-19(10-15-5-6-16-3-1-2-4-17(16)9-15)29-13-18(26-28-29)7-8-24-22(31)20-12-23-14-25-20/h1-6,9,12-14,19,32H,7-8,10-11H2,(H,23,25)(H,24,31)(H,27,30)/t19-/m1/s1. The molecule has 2 heterocycles. The number of hydrogen-bond acceptors (Lipinski definition) is 6. The van der Waals surface area contributed by atoms with Crippen molar-refractivity contribution in [1.29, 1.82) is 0 Å². The van der Waals surface area contributed by atoms with E-state index in [2.05, 4.69) is 31.7 Å². The Morgan fingerprint density at radius 1 is 1.16 bits per heavy atom. The molecular weight excluding hydrogens is 410 g/mol. The van der Waals surface area contributed by atoms with E-state index in [4.69, 9.17) is 5.21 Å². The fraction of sp³-hybridized carbons (Fsp3) is 0.227. The van der Waals surface area contributed by atoms with Gasteiger partial charge in [0.15, 0.2) is 0 Å². The maximum absolute atomic E-state index is 12.0. The van der Waals surface area contributed by atoms with Gasteiger partial charge < -0.3 is 10.3 Å². The summed E-state index contributed by atoms with van der Waals surface area (Å²) in [6.45, 7) is 0.378. The molecule has 0 fully saturated rings. The second-order valence-electron chi connectivity index (χ2n) is 7.44. The highest BCUT2D eigenvalue weighted by Crippen LogP contribution is 2.22. The summed E-state index contributed by atoms with van der Waals surface area (Å²) in [5.74, 6) is -0.747. The van der Waals surface area contributed by atoms with Crippen molar-refractivity contribution in [1.82, 2.24) is 35.8 Å². The number of nitrogens with one attached hydrogen (secondary N) is 3. The van der Waals surface area contributed by atoms with Gasteiger partial charge in [-0.25, -0.2) is 15.1 Å². The van der Waals surface area contributed by atoms with Gasteiger partial charge in [-0.15, -0.1) is 5.10 Å². The van der Waals surface area contributed by atoms with Crippen molar-refractivity contribution >= 4 is 22.6 Å². The van der Waals surface area contributed by atoms with E-state index in [1.54, 1.807) is 16.4 Å². The van der Waals surface area contributed by atoms with E-state index < -0.39 is 5.91 Å². The molecule has 4 rings (SSSR count). The minimum absolute atomic E-state index is 0.0443. The summed E-state index contributed by atoms with van der Waals surface area (Å²) in [6.07, 6.45) is 5.72. The first-order valence-corrected chi connectivity index (χ1v) is 10.2. The van der Waals surface area contributed by atoms with Crippen LogP contribution in [0.2, 0.25) is 0 Å². The molecular formula is C22H23N7O3. The molecule has 2 amide bonds. The van der Waals surface area contributed by atoms with Crippen molar-refractivity contribution in [3.63, 3.8) is 0 Å². The van der Waals surface area contributed by atoms with Crippen LogP contribution in [0.4, 0.5) is 0 Å². The van der Waals surface area contributed by atoms with E-state index in [0.717, 1.165) is 16.3 Å². The number of hydroxylamine groups is 1. The SMILES string of the molecule is O=C(C[C@@H](Cc1ccc2ccccc2c1)n1cc(CCNC(=O)c2cnc[nH]2)nn1)NO. The van der Waals surface area contributed by atoms with Crippen LogP contribution in [0.25, 0.3) is 10.8 Å². The molecule has 0 spiro atoms. The van der Waals surface area contributed by atoms with Crippen LogP contribution in [-0.2, 0) is 17.6 Å². The van der Waals surface area contributed by atoms with Gasteiger partial charge in [-0.05, 0) is 22.8 Å². The Hall–Kier alpha value is -4.05. The van der Waals surface area contributed by atoms with Crippen LogP contribution in [0.1, 0.15) is 34.2 Å². The zero-order valence-corrected chi connectivity index (χ0v) is 17.2. The van der Waals surface area contributed by atoms with Crippen LogP contribution in [0, 0.1) is 0 Å². The van der Waals surface area contributed by atoms with E-state index in [1.165, 1.54) is 12.5 Å². The number of imidazole rings is 1. The Bertz CT molecular complexity index is 1200. The van der Waals surface area contributed by atoms with Crippen LogP contribution >= 0.6 is 0 Å². The van der Waals surface area contributed by atoms with Crippen LogP contribution in [0.15, 0.2) is 61.2 Å². The van der Waals surface area contributed by atoms with Gasteiger partial charge in [-0.1, -0.05) is 47.7 Å². The third-order valence-corrected chi connectivity index (χ3v) is 5.17. The first-order chi connectivity index (χ1) is 15.6. The van der Waals surface area contributed by atoms with Gasteiger partial charge >= 0.3 is 0 Å². The molecule has 0 aliphatic carbocycles. The van der Waals surface area contributed by atoms with E-state index in [1.807, 2.05) is 36.4 Å². The van der Waals surface area contributed by atoms with Gasteiger partial charge in [-0.3, -0.25) is 14.8 Å². The molecule has 0 radical (unpaired) electrons. The van der Waals surface area contributed by atoms with Gasteiger partial charge in [0.05, 0.1) is 30.7 Å². The molecule has 10 nitrogen and oxygen atoms in total. The fourth-order valence-corrected chi connectivity index (χ4v) is 3.54. The highest BCUT2D eigenvalue weighted by atomic mass is 16.5. The van der Waals surface area contributed by atoms with Gasteiger partial charge in [0.1, 0.15) is 5.69 Å². The molecule has 0 unspecified atom stereocenters. The lowest BCUT2D eigenvalue weighted by Gasteiger charge is -2.16. The maximum atomic E-state index is 12.0. The van der Waals surface area contributed by atoms with Crippen molar-refractivity contribution in [2.75, 3.05) is 6.54 Å². The highest BCUT2D eigenvalue weighted by Gasteiger charge is 2.19. The maximum Gasteiger partial charge on any atom is 0.269 e. The summed E-state index contributed by atoms with van der Waals surface area (Å²) < 4.78 is 1.64. The first kappa shape index (κ1) is 21.2. The van der Waals surface area contributed by atoms with Crippen molar-refractivity contribution in [2.24, 2.45) is 0 Å². The average molecular weight is 433 g/mol. The van der Waals surface area contributed by atoms with Gasteiger partial charge in [-0.2, -0.15) is 0 Å². The predicted molar refractivity (Wildman–Crippen MR) is 116 cm³/mol. The molecule has 164 valence electrons. The van der Waals surface area contributed by atoms with E-state index in [9.17, 15) is 9.59 Å². The third kappa shape index (κ3) is 5.16. The zero-order chi connectivity index (χ0) is 22.3. The summed E-state index contributed by atoms with van der Waals surface area (Å²) in [7, 11) is 0. The quantitative estimate of drug-likeness (QED) is 0.235. The van der Waals surface area contributed by atoms with Crippen molar-refractivity contribution in [3.05, 3.63) is 78.1 Å². The van der Waals surface area contributed by atoms with Crippen LogP contribution < -0.4 is 10.8 Å². The lowest BCUT2D eigenvalue weighted by atomic mass is 10.00. The van der Waals surface area contributed by atoms with Gasteiger partial charge in [0.2, 0.25) is 5.91 Å². The minimum Gasteiger partial charge on any atom is -0.350 e. The van der Waals surface area contributed by atoms with E-state index >= 15 is 0 Å². The fourth-order valence-electron chi connectivity index (χ4n) is 3.54. The highest BCUT2D eigenvalue weighted by molar-refractivity contribution is 5.91. The first-order valence-electron chi connectivity index (χ1n) is 10.2. The molecule has 0 saturated carbocycles. The van der Waals surface area contributed by atoms with Gasteiger partial charge in [0.25, 0.3) is 5.91 Å². The number of hydrogen-bond donors (Lipinski definition) is 4. The number of benzene rings is 2. The molecule has 0 aliphatic heterocycles. The number of nitrogens with zero attached hydrogens (tertiary/aromatic N) is 4. The molecule has 4 aromatic rings. The average Bonchev–Trinajstić information content (AvgIpc) is 3.51. The molecule has 0 aliphatic rings. The van der Waals surface area contributed by atoms with Crippen LogP contribution in [0.3, 0.4) is 0 Å². The number of rotatable bonds is 9. The van der Waals surface area contributed by atoms with Crippen molar-refractivity contribution < 1.29 is 14.8 Å². The Labute approximate surface area is 183 Å². The number of aromatic amines is 1. The molecule has 2 aromatic heterocycles. The number of H-pyrrole nitrogens is 1. The molecule has 10 heteroatoms. The van der Waals surface area contributed by atoms with Crippen LogP contribution in [-0.4, -0.2) is 48.5 Å². The molecule has 0 saturated heterocycles. The monoisotopic (exact) mass is 433 g/mol. The largest absolute Gasteiger partial charge is 0.350 e. The number of carbonyl (C=O) groups is 2. The van der Waals surface area contributed by atoms with Gasteiger partial charge in [0, 0.05) is 19.2 Å². The molecule has 32 heavy (non-hydrogen) atoms. The Morgan fingerprint density at radius 3 is 2.78 bits per heavy atom. The smallest absolute Gasteiger partial charge is 0.269 e. The summed E-state index contributed by atoms with van der Waals surface area (Å²) in [5, 5.41) is 22.4. The Morgan fingerprint density at radius 2 is 2.00 bits per heavy atom. The second-order valence-corrected chi connectivity index (χ2v) is 7.44. The lowest BCUT2D eigenvalue weighted by molar-refractivity contribution is -0.130. The normalized spacial score (nSPS) is 11.9.